The van der Waals surface area contributed by atoms with E-state index >= 15 is 0 Å². The number of hydrogen-bond donors (Lipinski definition) is 0. The molecule has 10 heteroatoms. The number of pyridine rings is 1. The zero-order valence-electron chi connectivity index (χ0n) is 17.5. The van der Waals surface area contributed by atoms with Gasteiger partial charge in [-0.3, -0.25) is 4.79 Å². The van der Waals surface area contributed by atoms with Crippen molar-refractivity contribution in [2.45, 2.75) is 25.3 Å². The van der Waals surface area contributed by atoms with Gasteiger partial charge in [-0.1, -0.05) is 0 Å². The van der Waals surface area contributed by atoms with Crippen molar-refractivity contribution in [2.75, 3.05) is 6.61 Å². The molecule has 1 fully saturated rings. The third-order valence-electron chi connectivity index (χ3n) is 5.73. The summed E-state index contributed by atoms with van der Waals surface area (Å²) in [4.78, 5) is 27.4. The van der Waals surface area contributed by atoms with Crippen LogP contribution in [-0.2, 0) is 4.79 Å². The number of nitrogens with zero attached hydrogens (tertiary/aromatic N) is 4. The molecule has 0 bridgehead atoms. The fourth-order valence-corrected chi connectivity index (χ4v) is 4.33. The maximum Gasteiger partial charge on any atom is 0.406 e. The van der Waals surface area contributed by atoms with Crippen LogP contribution in [0.5, 0.6) is 5.75 Å². The number of amides is 1. The molecular formula is C23H20N4O6. The Balaban J connectivity index is 1.43. The van der Waals surface area contributed by atoms with E-state index in [0.717, 1.165) is 36.3 Å². The van der Waals surface area contributed by atoms with Gasteiger partial charge in [0.25, 0.3) is 5.91 Å². The number of aromatic nitrogens is 1. The van der Waals surface area contributed by atoms with Crippen LogP contribution < -0.4 is 4.74 Å². The van der Waals surface area contributed by atoms with Crippen LogP contribution in [0, 0.1) is 16.0 Å². The standard InChI is InChI=1S/C23H20N4O6/c28-20(14-33-19-8-2-10-24-23(19)27(29)30)26-22(18-9-4-12-32-18)17-7-1-5-15(21(17)25-26)13-16-6-3-11-31-16/h2-4,6,8-13,17,22H,1,5,7,14H2/b15-13+. The number of furan rings is 2. The number of hydrazone groups is 1. The maximum atomic E-state index is 13.2. The van der Waals surface area contributed by atoms with E-state index in [4.69, 9.17) is 13.6 Å². The maximum absolute atomic E-state index is 13.2. The number of nitro groups is 1. The molecule has 1 aliphatic carbocycles. The molecule has 0 saturated heterocycles. The Hall–Kier alpha value is -4.21. The molecule has 1 aliphatic heterocycles. The number of ether oxygens (including phenoxy) is 1. The zero-order valence-corrected chi connectivity index (χ0v) is 17.5. The van der Waals surface area contributed by atoms with Crippen molar-refractivity contribution in [1.82, 2.24) is 9.99 Å². The molecule has 0 aromatic carbocycles. The average molecular weight is 448 g/mol. The molecule has 168 valence electrons. The van der Waals surface area contributed by atoms with E-state index < -0.39 is 29.3 Å². The zero-order chi connectivity index (χ0) is 22.8. The highest BCUT2D eigenvalue weighted by molar-refractivity contribution is 6.08. The predicted octanol–water partition coefficient (Wildman–Crippen LogP) is 4.38. The van der Waals surface area contributed by atoms with E-state index in [1.165, 1.54) is 23.3 Å². The smallest absolute Gasteiger partial charge is 0.406 e. The summed E-state index contributed by atoms with van der Waals surface area (Å²) in [5.74, 6) is 0.348. The molecule has 1 amide bonds. The van der Waals surface area contributed by atoms with Crippen LogP contribution in [-0.4, -0.2) is 33.1 Å². The summed E-state index contributed by atoms with van der Waals surface area (Å²) in [5, 5.41) is 17.2. The molecule has 33 heavy (non-hydrogen) atoms. The van der Waals surface area contributed by atoms with Crippen LogP contribution in [0.4, 0.5) is 5.82 Å². The van der Waals surface area contributed by atoms with E-state index in [1.807, 2.05) is 24.3 Å². The van der Waals surface area contributed by atoms with Gasteiger partial charge in [-0.2, -0.15) is 5.10 Å². The highest BCUT2D eigenvalue weighted by atomic mass is 16.6. The van der Waals surface area contributed by atoms with E-state index in [2.05, 4.69) is 10.1 Å². The molecular weight excluding hydrogens is 428 g/mol. The summed E-state index contributed by atoms with van der Waals surface area (Å²) in [5.41, 5.74) is 1.83. The van der Waals surface area contributed by atoms with Gasteiger partial charge in [0, 0.05) is 5.92 Å². The highest BCUT2D eigenvalue weighted by Gasteiger charge is 2.45. The van der Waals surface area contributed by atoms with Crippen molar-refractivity contribution in [3.8, 4) is 5.75 Å². The summed E-state index contributed by atoms with van der Waals surface area (Å²) >= 11 is 0. The summed E-state index contributed by atoms with van der Waals surface area (Å²) in [6.45, 7) is -0.426. The molecule has 3 aromatic heterocycles. The highest BCUT2D eigenvalue weighted by Crippen LogP contribution is 2.44. The predicted molar refractivity (Wildman–Crippen MR) is 116 cm³/mol. The topological polar surface area (TPSA) is 124 Å². The Kier molecular flexibility index (Phi) is 5.47. The molecule has 10 nitrogen and oxygen atoms in total. The second kappa shape index (κ2) is 8.73. The Labute approximate surface area is 188 Å². The van der Waals surface area contributed by atoms with Crippen molar-refractivity contribution >= 4 is 23.5 Å². The Morgan fingerprint density at radius 2 is 2.09 bits per heavy atom. The van der Waals surface area contributed by atoms with E-state index in [9.17, 15) is 14.9 Å². The Morgan fingerprint density at radius 3 is 2.85 bits per heavy atom. The lowest BCUT2D eigenvalue weighted by molar-refractivity contribution is -0.390. The lowest BCUT2D eigenvalue weighted by atomic mass is 9.79. The van der Waals surface area contributed by atoms with E-state index in [0.29, 0.717) is 5.76 Å². The number of fused-ring (bicyclic) bond motifs is 1. The summed E-state index contributed by atoms with van der Waals surface area (Å²) in [6, 6.07) is 9.77. The van der Waals surface area contributed by atoms with Crippen LogP contribution in [0.15, 0.2) is 74.6 Å². The van der Waals surface area contributed by atoms with Crippen LogP contribution >= 0.6 is 0 Å². The van der Waals surface area contributed by atoms with Gasteiger partial charge < -0.3 is 23.7 Å². The molecule has 0 spiro atoms. The first-order chi connectivity index (χ1) is 16.1. The minimum atomic E-state index is -0.651. The van der Waals surface area contributed by atoms with Gasteiger partial charge in [0.05, 0.1) is 18.2 Å². The van der Waals surface area contributed by atoms with Gasteiger partial charge in [-0.15, -0.1) is 0 Å². The largest absolute Gasteiger partial charge is 0.475 e. The SMILES string of the molecule is O=C(COc1cccnc1[N+](=O)[O-])N1N=C2/C(=C/c3ccco3)CCCC2C1c1ccco1. The van der Waals surface area contributed by atoms with E-state index in [1.54, 1.807) is 18.6 Å². The fourth-order valence-electron chi connectivity index (χ4n) is 4.33. The third-order valence-corrected chi connectivity index (χ3v) is 5.73. The van der Waals surface area contributed by atoms with Crippen LogP contribution in [0.25, 0.3) is 6.08 Å². The quantitative estimate of drug-likeness (QED) is 0.405. The lowest BCUT2D eigenvalue weighted by Crippen LogP contribution is -2.34. The molecule has 0 N–H and O–H groups in total. The minimum Gasteiger partial charge on any atom is -0.475 e. The fraction of sp³-hybridized carbons (Fsp3) is 0.261. The number of rotatable bonds is 6. The Morgan fingerprint density at radius 1 is 1.24 bits per heavy atom. The third kappa shape index (κ3) is 4.02. The van der Waals surface area contributed by atoms with Crippen LogP contribution in [0.2, 0.25) is 0 Å². The molecule has 2 aliphatic rings. The first-order valence-corrected chi connectivity index (χ1v) is 10.5. The second-order valence-electron chi connectivity index (χ2n) is 7.74. The molecule has 5 rings (SSSR count). The normalized spacial score (nSPS) is 21.0. The van der Waals surface area contributed by atoms with Crippen LogP contribution in [0.3, 0.4) is 0 Å². The Bertz CT molecular complexity index is 1220. The summed E-state index contributed by atoms with van der Waals surface area (Å²) < 4.78 is 16.6. The van der Waals surface area contributed by atoms with Crippen molar-refractivity contribution in [1.29, 1.82) is 0 Å². The molecule has 2 atom stereocenters. The lowest BCUT2D eigenvalue weighted by Gasteiger charge is -2.27. The van der Waals surface area contributed by atoms with Gasteiger partial charge >= 0.3 is 5.82 Å². The summed E-state index contributed by atoms with van der Waals surface area (Å²) in [6.07, 6.45) is 9.03. The monoisotopic (exact) mass is 448 g/mol. The second-order valence-corrected chi connectivity index (χ2v) is 7.74. The van der Waals surface area contributed by atoms with Crippen molar-refractivity contribution in [3.63, 3.8) is 0 Å². The van der Waals surface area contributed by atoms with Crippen molar-refractivity contribution < 1.29 is 23.3 Å². The van der Waals surface area contributed by atoms with Gasteiger partial charge in [0.2, 0.25) is 5.75 Å². The molecule has 3 aromatic rings. The average Bonchev–Trinajstić information content (AvgIpc) is 3.58. The van der Waals surface area contributed by atoms with Gasteiger partial charge in [-0.25, -0.2) is 5.01 Å². The van der Waals surface area contributed by atoms with Gasteiger partial charge in [0.15, 0.2) is 6.61 Å². The van der Waals surface area contributed by atoms with Gasteiger partial charge in [0.1, 0.15) is 23.8 Å². The van der Waals surface area contributed by atoms with Gasteiger partial charge in [-0.05, 0) is 77.2 Å². The number of carbonyl (C=O) groups is 1. The first-order valence-electron chi connectivity index (χ1n) is 10.5. The number of carbonyl (C=O) groups excluding carboxylic acids is 1. The summed E-state index contributed by atoms with van der Waals surface area (Å²) in [7, 11) is 0. The number of allylic oxidation sites excluding steroid dienone is 1. The molecule has 0 radical (unpaired) electrons. The van der Waals surface area contributed by atoms with Crippen molar-refractivity contribution in [3.05, 3.63) is 82.3 Å². The van der Waals surface area contributed by atoms with Crippen molar-refractivity contribution in [2.24, 2.45) is 11.0 Å². The molecule has 2 unspecified atom stereocenters. The molecule has 1 saturated carbocycles. The van der Waals surface area contributed by atoms with Crippen LogP contribution in [0.1, 0.15) is 36.8 Å². The number of hydrogen-bond acceptors (Lipinski definition) is 8. The minimum absolute atomic E-state index is 0.0391. The van der Waals surface area contributed by atoms with E-state index in [-0.39, 0.29) is 11.7 Å². The molecule has 4 heterocycles. The first kappa shape index (κ1) is 20.7.